The van der Waals surface area contributed by atoms with Crippen molar-refractivity contribution in [2.75, 3.05) is 4.90 Å². The largest absolute Gasteiger partial charge is 0.480 e. The second-order valence-electron chi connectivity index (χ2n) is 8.03. The van der Waals surface area contributed by atoms with Crippen LogP contribution in [0.2, 0.25) is 0 Å². The number of nitrogens with zero attached hydrogens (tertiary/aromatic N) is 2. The molecule has 2 aromatic rings. The number of carbonyl (C=O) groups is 3. The third-order valence-electron chi connectivity index (χ3n) is 6.43. The van der Waals surface area contributed by atoms with Gasteiger partial charge in [-0.2, -0.15) is 0 Å². The lowest BCUT2D eigenvalue weighted by Gasteiger charge is -2.28. The fourth-order valence-corrected chi connectivity index (χ4v) is 4.87. The van der Waals surface area contributed by atoms with Crippen LogP contribution in [0.5, 0.6) is 0 Å². The molecule has 4 unspecified atom stereocenters. The van der Waals surface area contributed by atoms with Gasteiger partial charge in [-0.1, -0.05) is 38.1 Å². The molecule has 4 atom stereocenters. The summed E-state index contributed by atoms with van der Waals surface area (Å²) in [5.74, 6) is -3.82. The van der Waals surface area contributed by atoms with E-state index in [0.29, 0.717) is 24.2 Å². The Kier molecular flexibility index (Phi) is 4.94. The number of anilines is 1. The van der Waals surface area contributed by atoms with Crippen LogP contribution < -0.4 is 10.2 Å². The minimum Gasteiger partial charge on any atom is -0.480 e. The standard InChI is InChI=1S/C23H25N3O4/c1-4-13-9-8-10-14(5-2)19(13)26-20(27)16-17(21(26)28)23(3,22(29)30)25-18(16)15-11-6-7-12-24-15/h6-12,16-18,25H,4-5H2,1-3H3,(H,29,30). The highest BCUT2D eigenvalue weighted by Crippen LogP contribution is 2.50. The number of fused-ring (bicyclic) bond motifs is 1. The van der Waals surface area contributed by atoms with Gasteiger partial charge in [0.05, 0.1) is 29.3 Å². The number of hydrogen-bond donors (Lipinski definition) is 2. The molecule has 2 amide bonds. The molecule has 0 spiro atoms. The number of imide groups is 1. The van der Waals surface area contributed by atoms with Gasteiger partial charge in [-0.25, -0.2) is 4.90 Å². The zero-order valence-electron chi connectivity index (χ0n) is 17.3. The van der Waals surface area contributed by atoms with Crippen LogP contribution >= 0.6 is 0 Å². The second-order valence-corrected chi connectivity index (χ2v) is 8.03. The number of carboxylic acid groups (broad SMARTS) is 1. The van der Waals surface area contributed by atoms with E-state index < -0.39 is 35.3 Å². The summed E-state index contributed by atoms with van der Waals surface area (Å²) in [4.78, 5) is 45.1. The molecule has 0 bridgehead atoms. The maximum absolute atomic E-state index is 13.7. The highest BCUT2D eigenvalue weighted by atomic mass is 16.4. The molecule has 7 nitrogen and oxygen atoms in total. The second kappa shape index (κ2) is 7.32. The Bertz CT molecular complexity index is 1000. The Morgan fingerprint density at radius 1 is 1.10 bits per heavy atom. The summed E-state index contributed by atoms with van der Waals surface area (Å²) in [6.07, 6.45) is 2.92. The van der Waals surface area contributed by atoms with E-state index in [2.05, 4.69) is 10.3 Å². The van der Waals surface area contributed by atoms with Crippen molar-refractivity contribution < 1.29 is 19.5 Å². The molecule has 156 valence electrons. The molecule has 0 aliphatic carbocycles. The first kappa shape index (κ1) is 20.2. The first-order chi connectivity index (χ1) is 14.3. The maximum Gasteiger partial charge on any atom is 0.324 e. The minimum atomic E-state index is -1.57. The van der Waals surface area contributed by atoms with Crippen LogP contribution in [0.15, 0.2) is 42.6 Å². The van der Waals surface area contributed by atoms with Gasteiger partial charge in [-0.15, -0.1) is 0 Å². The van der Waals surface area contributed by atoms with Crippen LogP contribution in [-0.2, 0) is 27.2 Å². The number of para-hydroxylation sites is 1. The van der Waals surface area contributed by atoms with Crippen molar-refractivity contribution in [3.8, 4) is 0 Å². The summed E-state index contributed by atoms with van der Waals surface area (Å²) in [7, 11) is 0. The van der Waals surface area contributed by atoms with Crippen LogP contribution in [0.4, 0.5) is 5.69 Å². The summed E-state index contributed by atoms with van der Waals surface area (Å²) in [5, 5.41) is 13.0. The summed E-state index contributed by atoms with van der Waals surface area (Å²) in [6.45, 7) is 5.44. The van der Waals surface area contributed by atoms with E-state index in [0.717, 1.165) is 11.1 Å². The van der Waals surface area contributed by atoms with Crippen molar-refractivity contribution in [2.45, 2.75) is 45.2 Å². The fraction of sp³-hybridized carbons (Fsp3) is 0.391. The lowest BCUT2D eigenvalue weighted by molar-refractivity contribution is -0.147. The number of carboxylic acids is 1. The Hall–Kier alpha value is -3.06. The predicted molar refractivity (Wildman–Crippen MR) is 111 cm³/mol. The summed E-state index contributed by atoms with van der Waals surface area (Å²) < 4.78 is 0. The quantitative estimate of drug-likeness (QED) is 0.739. The molecule has 2 aliphatic heterocycles. The minimum absolute atomic E-state index is 0.367. The number of hydrogen-bond acceptors (Lipinski definition) is 5. The van der Waals surface area contributed by atoms with Crippen molar-refractivity contribution in [1.29, 1.82) is 0 Å². The highest BCUT2D eigenvalue weighted by molar-refractivity contribution is 6.24. The van der Waals surface area contributed by atoms with Crippen LogP contribution in [0.25, 0.3) is 0 Å². The van der Waals surface area contributed by atoms with Crippen LogP contribution in [0, 0.1) is 11.8 Å². The molecule has 0 radical (unpaired) electrons. The normalized spacial score (nSPS) is 28.1. The molecule has 2 N–H and O–H groups in total. The Morgan fingerprint density at radius 2 is 1.77 bits per heavy atom. The lowest BCUT2D eigenvalue weighted by atomic mass is 9.81. The molecule has 2 saturated heterocycles. The molecule has 30 heavy (non-hydrogen) atoms. The molecule has 0 saturated carbocycles. The van der Waals surface area contributed by atoms with Crippen molar-refractivity contribution in [2.24, 2.45) is 11.8 Å². The molecule has 4 rings (SSSR count). The van der Waals surface area contributed by atoms with Gasteiger partial charge in [-0.3, -0.25) is 24.7 Å². The first-order valence-corrected chi connectivity index (χ1v) is 10.3. The number of benzene rings is 1. The zero-order chi connectivity index (χ0) is 21.6. The van der Waals surface area contributed by atoms with Gasteiger partial charge in [0, 0.05) is 6.20 Å². The number of aromatic nitrogens is 1. The number of aliphatic carboxylic acids is 1. The van der Waals surface area contributed by atoms with Crippen molar-refractivity contribution in [3.05, 3.63) is 59.4 Å². The molecule has 2 aliphatic rings. The molecule has 3 heterocycles. The third-order valence-corrected chi connectivity index (χ3v) is 6.43. The van der Waals surface area contributed by atoms with E-state index in [4.69, 9.17) is 0 Å². The predicted octanol–water partition coefficient (Wildman–Crippen LogP) is 2.50. The summed E-state index contributed by atoms with van der Waals surface area (Å²) in [5.41, 5.74) is 1.40. The van der Waals surface area contributed by atoms with Crippen LogP contribution in [0.3, 0.4) is 0 Å². The van der Waals surface area contributed by atoms with Crippen molar-refractivity contribution >= 4 is 23.5 Å². The van der Waals surface area contributed by atoms with Gasteiger partial charge in [0.1, 0.15) is 5.54 Å². The van der Waals surface area contributed by atoms with E-state index in [1.807, 2.05) is 32.0 Å². The van der Waals surface area contributed by atoms with Gasteiger partial charge < -0.3 is 5.11 Å². The molecule has 1 aromatic heterocycles. The Morgan fingerprint density at radius 3 is 2.30 bits per heavy atom. The number of nitrogens with one attached hydrogen (secondary N) is 1. The maximum atomic E-state index is 13.7. The number of carbonyl (C=O) groups excluding carboxylic acids is 2. The summed E-state index contributed by atoms with van der Waals surface area (Å²) >= 11 is 0. The monoisotopic (exact) mass is 407 g/mol. The van der Waals surface area contributed by atoms with E-state index in [9.17, 15) is 19.5 Å². The third kappa shape index (κ3) is 2.76. The van der Waals surface area contributed by atoms with E-state index in [1.54, 1.807) is 24.4 Å². The van der Waals surface area contributed by atoms with Gasteiger partial charge in [0.25, 0.3) is 0 Å². The average molecular weight is 407 g/mol. The number of pyridine rings is 1. The molecular formula is C23H25N3O4. The fourth-order valence-electron chi connectivity index (χ4n) is 4.87. The van der Waals surface area contributed by atoms with Gasteiger partial charge in [0.15, 0.2) is 0 Å². The highest BCUT2D eigenvalue weighted by Gasteiger charge is 2.67. The summed E-state index contributed by atoms with van der Waals surface area (Å²) in [6, 6.07) is 10.4. The van der Waals surface area contributed by atoms with Crippen LogP contribution in [0.1, 0.15) is 43.6 Å². The lowest BCUT2D eigenvalue weighted by Crippen LogP contribution is -2.53. The van der Waals surface area contributed by atoms with E-state index in [-0.39, 0.29) is 5.91 Å². The molecule has 7 heteroatoms. The van der Waals surface area contributed by atoms with Gasteiger partial charge >= 0.3 is 5.97 Å². The Labute approximate surface area is 175 Å². The van der Waals surface area contributed by atoms with Crippen molar-refractivity contribution in [1.82, 2.24) is 10.3 Å². The molecule has 2 fully saturated rings. The van der Waals surface area contributed by atoms with Gasteiger partial charge in [-0.05, 0) is 43.0 Å². The zero-order valence-corrected chi connectivity index (χ0v) is 17.3. The molecule has 1 aromatic carbocycles. The van der Waals surface area contributed by atoms with E-state index >= 15 is 0 Å². The smallest absolute Gasteiger partial charge is 0.324 e. The Balaban J connectivity index is 1.88. The van der Waals surface area contributed by atoms with Gasteiger partial charge in [0.2, 0.25) is 11.8 Å². The first-order valence-electron chi connectivity index (χ1n) is 10.3. The van der Waals surface area contributed by atoms with Crippen molar-refractivity contribution in [3.63, 3.8) is 0 Å². The number of aryl methyl sites for hydroxylation is 2. The number of amides is 2. The number of rotatable bonds is 5. The van der Waals surface area contributed by atoms with Crippen LogP contribution in [-0.4, -0.2) is 33.4 Å². The average Bonchev–Trinajstić information content (AvgIpc) is 3.22. The molecular weight excluding hydrogens is 382 g/mol. The topological polar surface area (TPSA) is 99.6 Å². The SMILES string of the molecule is CCc1cccc(CC)c1N1C(=O)C2C(c3ccccn3)NC(C)(C(=O)O)C2C1=O. The van der Waals surface area contributed by atoms with E-state index in [1.165, 1.54) is 11.8 Å².